The third-order valence-corrected chi connectivity index (χ3v) is 2.96. The summed E-state index contributed by atoms with van der Waals surface area (Å²) >= 11 is 0. The minimum absolute atomic E-state index is 0.508. The lowest BCUT2D eigenvalue weighted by atomic mass is 10.00. The van der Waals surface area contributed by atoms with Crippen LogP contribution < -0.4 is 10.1 Å². The van der Waals surface area contributed by atoms with E-state index >= 15 is 0 Å². The van der Waals surface area contributed by atoms with Crippen molar-refractivity contribution in [3.05, 3.63) is 28.8 Å². The van der Waals surface area contributed by atoms with Gasteiger partial charge in [0.15, 0.2) is 0 Å². The van der Waals surface area contributed by atoms with E-state index in [9.17, 15) is 5.11 Å². The Morgan fingerprint density at radius 1 is 1.22 bits per heavy atom. The van der Waals surface area contributed by atoms with E-state index in [2.05, 4.69) is 5.32 Å². The normalized spacial score (nSPS) is 12.5. The van der Waals surface area contributed by atoms with Gasteiger partial charge in [-0.25, -0.2) is 0 Å². The van der Waals surface area contributed by atoms with Crippen LogP contribution in [0.5, 0.6) is 5.75 Å². The van der Waals surface area contributed by atoms with Gasteiger partial charge in [0.25, 0.3) is 0 Å². The first kappa shape index (κ1) is 15.0. The number of hydrogen-bond acceptors (Lipinski definition) is 4. The van der Waals surface area contributed by atoms with Gasteiger partial charge in [-0.3, -0.25) is 0 Å². The molecule has 4 heteroatoms. The highest BCUT2D eigenvalue weighted by Gasteiger charge is 2.12. The maximum absolute atomic E-state index is 10.1. The van der Waals surface area contributed by atoms with Crippen LogP contribution >= 0.6 is 0 Å². The van der Waals surface area contributed by atoms with Crippen LogP contribution in [0.25, 0.3) is 0 Å². The average Bonchev–Trinajstić information content (AvgIpc) is 2.36. The zero-order chi connectivity index (χ0) is 13.5. The van der Waals surface area contributed by atoms with E-state index in [1.165, 1.54) is 0 Å². The second-order valence-corrected chi connectivity index (χ2v) is 4.39. The molecule has 0 fully saturated rings. The molecule has 0 aliphatic rings. The Morgan fingerprint density at radius 2 is 1.94 bits per heavy atom. The number of aliphatic hydroxyl groups excluding tert-OH is 1. The van der Waals surface area contributed by atoms with E-state index < -0.39 is 6.10 Å². The Kier molecular flexibility index (Phi) is 6.12. The van der Waals surface area contributed by atoms with Crippen molar-refractivity contribution in [1.82, 2.24) is 5.32 Å². The summed E-state index contributed by atoms with van der Waals surface area (Å²) in [6.07, 6.45) is -0.508. The molecule has 4 nitrogen and oxygen atoms in total. The Morgan fingerprint density at radius 3 is 2.56 bits per heavy atom. The molecule has 0 aliphatic carbocycles. The lowest BCUT2D eigenvalue weighted by Crippen LogP contribution is -2.25. The predicted octanol–water partition coefficient (Wildman–Crippen LogP) is 1.58. The van der Waals surface area contributed by atoms with Crippen molar-refractivity contribution < 1.29 is 14.6 Å². The van der Waals surface area contributed by atoms with Crippen LogP contribution in [-0.2, 0) is 4.74 Å². The highest BCUT2D eigenvalue weighted by Crippen LogP contribution is 2.26. The molecule has 18 heavy (non-hydrogen) atoms. The summed E-state index contributed by atoms with van der Waals surface area (Å²) in [4.78, 5) is 0. The second kappa shape index (κ2) is 7.36. The van der Waals surface area contributed by atoms with Crippen molar-refractivity contribution in [2.75, 3.05) is 33.9 Å². The van der Waals surface area contributed by atoms with E-state index in [-0.39, 0.29) is 0 Å². The van der Waals surface area contributed by atoms with Crippen LogP contribution in [0.1, 0.15) is 22.8 Å². The molecule has 102 valence electrons. The number of benzene rings is 1. The molecule has 0 aromatic heterocycles. The smallest absolute Gasteiger partial charge is 0.122 e. The number of aliphatic hydroxyl groups is 1. The third-order valence-electron chi connectivity index (χ3n) is 2.96. The predicted molar refractivity (Wildman–Crippen MR) is 72.2 cm³/mol. The highest BCUT2D eigenvalue weighted by atomic mass is 16.5. The van der Waals surface area contributed by atoms with E-state index in [1.807, 2.05) is 26.0 Å². The van der Waals surface area contributed by atoms with Gasteiger partial charge in [-0.2, -0.15) is 0 Å². The van der Waals surface area contributed by atoms with Crippen molar-refractivity contribution in [2.24, 2.45) is 0 Å². The second-order valence-electron chi connectivity index (χ2n) is 4.39. The number of hydrogen-bond donors (Lipinski definition) is 2. The fourth-order valence-electron chi connectivity index (χ4n) is 1.91. The zero-order valence-electron chi connectivity index (χ0n) is 11.6. The average molecular weight is 253 g/mol. The molecule has 1 unspecified atom stereocenters. The molecule has 1 atom stereocenters. The van der Waals surface area contributed by atoms with Crippen molar-refractivity contribution in [1.29, 1.82) is 0 Å². The van der Waals surface area contributed by atoms with Crippen LogP contribution in [0.4, 0.5) is 0 Å². The molecule has 0 amide bonds. The van der Waals surface area contributed by atoms with Crippen LogP contribution in [0.3, 0.4) is 0 Å². The summed E-state index contributed by atoms with van der Waals surface area (Å²) in [7, 11) is 3.32. The molecular formula is C14H23NO3. The van der Waals surface area contributed by atoms with E-state index in [1.54, 1.807) is 14.2 Å². The number of ether oxygens (including phenoxy) is 2. The van der Waals surface area contributed by atoms with Crippen LogP contribution in [0.15, 0.2) is 12.1 Å². The van der Waals surface area contributed by atoms with Gasteiger partial charge in [0.2, 0.25) is 0 Å². The maximum atomic E-state index is 10.1. The lowest BCUT2D eigenvalue weighted by Gasteiger charge is -2.17. The summed E-state index contributed by atoms with van der Waals surface area (Å²) in [5.74, 6) is 0.857. The molecule has 0 aliphatic heterocycles. The number of aryl methyl sites for hydroxylation is 2. The first-order chi connectivity index (χ1) is 8.60. The van der Waals surface area contributed by atoms with Crippen molar-refractivity contribution >= 4 is 0 Å². The zero-order valence-corrected chi connectivity index (χ0v) is 11.6. The van der Waals surface area contributed by atoms with E-state index in [0.29, 0.717) is 13.2 Å². The van der Waals surface area contributed by atoms with Crippen molar-refractivity contribution in [2.45, 2.75) is 20.0 Å². The fourth-order valence-corrected chi connectivity index (χ4v) is 1.91. The molecular weight excluding hydrogens is 230 g/mol. The standard InChI is InChI=1S/C14H23NO3/c1-10-8-14(18-4)11(2)7-12(10)13(16)9-15-5-6-17-3/h7-8,13,15-16H,5-6,9H2,1-4H3. The Bertz CT molecular complexity index is 380. The van der Waals surface area contributed by atoms with Crippen LogP contribution in [0, 0.1) is 13.8 Å². The molecule has 0 spiro atoms. The molecule has 0 saturated carbocycles. The summed E-state index contributed by atoms with van der Waals surface area (Å²) in [6, 6.07) is 3.94. The monoisotopic (exact) mass is 253 g/mol. The van der Waals surface area contributed by atoms with Gasteiger partial charge >= 0.3 is 0 Å². The van der Waals surface area contributed by atoms with Crippen molar-refractivity contribution in [3.8, 4) is 5.75 Å². The van der Waals surface area contributed by atoms with E-state index in [0.717, 1.165) is 29.0 Å². The highest BCUT2D eigenvalue weighted by molar-refractivity contribution is 5.42. The van der Waals surface area contributed by atoms with Gasteiger partial charge in [0, 0.05) is 20.2 Å². The minimum Gasteiger partial charge on any atom is -0.496 e. The van der Waals surface area contributed by atoms with Gasteiger partial charge in [-0.1, -0.05) is 0 Å². The van der Waals surface area contributed by atoms with Gasteiger partial charge < -0.3 is 19.9 Å². The first-order valence-corrected chi connectivity index (χ1v) is 6.13. The maximum Gasteiger partial charge on any atom is 0.122 e. The summed E-state index contributed by atoms with van der Waals surface area (Å²) in [5.41, 5.74) is 3.02. The molecule has 0 radical (unpaired) electrons. The molecule has 0 saturated heterocycles. The van der Waals surface area contributed by atoms with Crippen LogP contribution in [0.2, 0.25) is 0 Å². The third kappa shape index (κ3) is 3.98. The van der Waals surface area contributed by atoms with Crippen LogP contribution in [-0.4, -0.2) is 39.0 Å². The SMILES string of the molecule is COCCNCC(O)c1cc(C)c(OC)cc1C. The number of methoxy groups -OCH3 is 2. The quantitative estimate of drug-likeness (QED) is 0.724. The first-order valence-electron chi connectivity index (χ1n) is 6.13. The topological polar surface area (TPSA) is 50.7 Å². The molecule has 1 aromatic carbocycles. The molecule has 0 bridgehead atoms. The largest absolute Gasteiger partial charge is 0.496 e. The lowest BCUT2D eigenvalue weighted by molar-refractivity contribution is 0.161. The number of nitrogens with one attached hydrogen (secondary N) is 1. The number of rotatable bonds is 7. The van der Waals surface area contributed by atoms with Gasteiger partial charge in [0.1, 0.15) is 5.75 Å². The fraction of sp³-hybridized carbons (Fsp3) is 0.571. The van der Waals surface area contributed by atoms with Gasteiger partial charge in [0.05, 0.1) is 19.8 Å². The molecule has 1 rings (SSSR count). The summed E-state index contributed by atoms with van der Waals surface area (Å²) < 4.78 is 10.2. The molecule has 1 aromatic rings. The van der Waals surface area contributed by atoms with Gasteiger partial charge in [-0.15, -0.1) is 0 Å². The summed E-state index contributed by atoms with van der Waals surface area (Å²) in [5, 5.41) is 13.3. The summed E-state index contributed by atoms with van der Waals surface area (Å²) in [6.45, 7) is 5.87. The van der Waals surface area contributed by atoms with Crippen molar-refractivity contribution in [3.63, 3.8) is 0 Å². The van der Waals surface area contributed by atoms with Gasteiger partial charge in [-0.05, 0) is 42.7 Å². The Balaban J connectivity index is 2.67. The molecule has 0 heterocycles. The minimum atomic E-state index is -0.508. The van der Waals surface area contributed by atoms with E-state index in [4.69, 9.17) is 9.47 Å². The molecule has 2 N–H and O–H groups in total. The Hall–Kier alpha value is -1.10. The Labute approximate surface area is 109 Å².